The van der Waals surface area contributed by atoms with Crippen molar-refractivity contribution in [1.29, 1.82) is 5.26 Å². The van der Waals surface area contributed by atoms with Crippen LogP contribution in [0.15, 0.2) is 36.0 Å². The molecule has 0 spiro atoms. The zero-order valence-electron chi connectivity index (χ0n) is 14.9. The average molecular weight is 388 g/mol. The van der Waals surface area contributed by atoms with Crippen LogP contribution in [0.1, 0.15) is 5.56 Å². The normalized spacial score (nSPS) is 14.1. The number of ether oxygens (including phenoxy) is 1. The van der Waals surface area contributed by atoms with Gasteiger partial charge in [-0.15, -0.1) is 0 Å². The number of benzene rings is 1. The summed E-state index contributed by atoms with van der Waals surface area (Å²) >= 11 is 0.967. The van der Waals surface area contributed by atoms with E-state index in [2.05, 4.69) is 10.6 Å². The van der Waals surface area contributed by atoms with E-state index in [1.165, 1.54) is 6.20 Å². The molecule has 2 rings (SSSR count). The Bertz CT molecular complexity index is 755. The average Bonchev–Trinajstić information content (AvgIpc) is 3.00. The number of amides is 3. The minimum Gasteiger partial charge on any atom is -0.497 e. The summed E-state index contributed by atoms with van der Waals surface area (Å²) in [5.41, 5.74) is 0.965. The Balaban J connectivity index is 1.73. The number of methoxy groups -OCH3 is 1. The van der Waals surface area contributed by atoms with Crippen molar-refractivity contribution in [3.63, 3.8) is 0 Å². The maximum atomic E-state index is 12.0. The molecule has 27 heavy (non-hydrogen) atoms. The van der Waals surface area contributed by atoms with Gasteiger partial charge in [0.25, 0.3) is 11.1 Å². The Kier molecular flexibility index (Phi) is 7.70. The van der Waals surface area contributed by atoms with Crippen LogP contribution in [0.2, 0.25) is 0 Å². The topological polar surface area (TPSA) is 112 Å². The van der Waals surface area contributed by atoms with Crippen LogP contribution >= 0.6 is 11.8 Å². The summed E-state index contributed by atoms with van der Waals surface area (Å²) in [6.07, 6.45) is 1.92. The Labute approximate surface area is 161 Å². The second kappa shape index (κ2) is 10.2. The molecule has 0 aliphatic carbocycles. The lowest BCUT2D eigenvalue weighted by molar-refractivity contribution is -0.124. The van der Waals surface area contributed by atoms with Crippen LogP contribution in [0.5, 0.6) is 5.75 Å². The molecule has 1 aliphatic rings. The predicted molar refractivity (Wildman–Crippen MR) is 101 cm³/mol. The van der Waals surface area contributed by atoms with E-state index in [-0.39, 0.29) is 35.6 Å². The number of nitrogens with one attached hydrogen (secondary N) is 2. The van der Waals surface area contributed by atoms with Gasteiger partial charge >= 0.3 is 0 Å². The number of hydrogen-bond acceptors (Lipinski definition) is 7. The third-order valence-electron chi connectivity index (χ3n) is 3.79. The number of hydrogen-bond donors (Lipinski definition) is 2. The monoisotopic (exact) mass is 388 g/mol. The van der Waals surface area contributed by atoms with Crippen molar-refractivity contribution in [3.8, 4) is 11.8 Å². The summed E-state index contributed by atoms with van der Waals surface area (Å²) in [5, 5.41) is 14.3. The standard InChI is InChI=1S/C18H20N4O4S/c1-26-15-4-2-13(3-5-15)6-7-21-17(24)14(10-19)11-20-8-9-22-16(23)12-27-18(22)25/h2-5,11,20H,6-9,12H2,1H3,(H,21,24)/b14-11-. The van der Waals surface area contributed by atoms with Gasteiger partial charge < -0.3 is 15.4 Å². The minimum atomic E-state index is -0.484. The zero-order valence-corrected chi connectivity index (χ0v) is 15.7. The smallest absolute Gasteiger partial charge is 0.288 e. The van der Waals surface area contributed by atoms with Gasteiger partial charge in [0, 0.05) is 25.8 Å². The van der Waals surface area contributed by atoms with Gasteiger partial charge in [0.15, 0.2) is 0 Å². The zero-order chi connectivity index (χ0) is 19.6. The van der Waals surface area contributed by atoms with Crippen molar-refractivity contribution in [2.45, 2.75) is 6.42 Å². The third kappa shape index (κ3) is 6.04. The first-order valence-electron chi connectivity index (χ1n) is 8.27. The number of carbonyl (C=O) groups excluding carboxylic acids is 3. The Morgan fingerprint density at radius 2 is 2.07 bits per heavy atom. The molecule has 1 aromatic rings. The van der Waals surface area contributed by atoms with Crippen LogP contribution in [-0.2, 0) is 16.0 Å². The highest BCUT2D eigenvalue weighted by Crippen LogP contribution is 2.17. The van der Waals surface area contributed by atoms with Gasteiger partial charge in [-0.05, 0) is 24.1 Å². The van der Waals surface area contributed by atoms with Crippen molar-refractivity contribution in [3.05, 3.63) is 41.6 Å². The number of nitriles is 1. The lowest BCUT2D eigenvalue weighted by Crippen LogP contribution is -2.34. The first-order chi connectivity index (χ1) is 13.0. The summed E-state index contributed by atoms with van der Waals surface area (Å²) in [4.78, 5) is 36.1. The highest BCUT2D eigenvalue weighted by Gasteiger charge is 2.28. The Morgan fingerprint density at radius 3 is 2.67 bits per heavy atom. The molecule has 1 heterocycles. The van der Waals surface area contributed by atoms with Gasteiger partial charge in [0.05, 0.1) is 12.9 Å². The number of imide groups is 1. The molecule has 1 fully saturated rings. The minimum absolute atomic E-state index is 0.0711. The molecule has 0 bridgehead atoms. The second-order valence-corrected chi connectivity index (χ2v) is 6.50. The summed E-state index contributed by atoms with van der Waals surface area (Å²) in [6.45, 7) is 0.847. The molecule has 0 unspecified atom stereocenters. The lowest BCUT2D eigenvalue weighted by Gasteiger charge is -2.12. The summed E-state index contributed by atoms with van der Waals surface area (Å²) in [6, 6.07) is 9.34. The summed E-state index contributed by atoms with van der Waals surface area (Å²) < 4.78 is 5.09. The molecule has 0 saturated carbocycles. The van der Waals surface area contributed by atoms with Crippen LogP contribution in [0.4, 0.5) is 4.79 Å². The first kappa shape index (κ1) is 20.3. The third-order valence-corrected chi connectivity index (χ3v) is 4.65. The molecule has 0 aromatic heterocycles. The molecule has 9 heteroatoms. The van der Waals surface area contributed by atoms with Gasteiger partial charge in [-0.2, -0.15) is 5.26 Å². The molecular formula is C18H20N4O4S. The number of rotatable bonds is 9. The predicted octanol–water partition coefficient (Wildman–Crippen LogP) is 1.05. The first-order valence-corrected chi connectivity index (χ1v) is 9.25. The van der Waals surface area contributed by atoms with E-state index in [1.807, 2.05) is 30.3 Å². The fourth-order valence-corrected chi connectivity index (χ4v) is 3.06. The Hall–Kier alpha value is -2.99. The van der Waals surface area contributed by atoms with E-state index < -0.39 is 5.91 Å². The van der Waals surface area contributed by atoms with Crippen molar-refractivity contribution in [2.24, 2.45) is 0 Å². The lowest BCUT2D eigenvalue weighted by atomic mass is 10.1. The van der Waals surface area contributed by atoms with Gasteiger partial charge in [-0.25, -0.2) is 0 Å². The number of thioether (sulfide) groups is 1. The maximum absolute atomic E-state index is 12.0. The quantitative estimate of drug-likeness (QED) is 0.369. The number of nitrogens with zero attached hydrogens (tertiary/aromatic N) is 2. The molecule has 2 N–H and O–H groups in total. The van der Waals surface area contributed by atoms with E-state index in [0.717, 1.165) is 28.0 Å². The highest BCUT2D eigenvalue weighted by atomic mass is 32.2. The van der Waals surface area contributed by atoms with E-state index in [0.29, 0.717) is 13.0 Å². The molecule has 1 saturated heterocycles. The van der Waals surface area contributed by atoms with Gasteiger partial charge in [-0.1, -0.05) is 23.9 Å². The fraction of sp³-hybridized carbons (Fsp3) is 0.333. The van der Waals surface area contributed by atoms with Crippen molar-refractivity contribution in [2.75, 3.05) is 32.5 Å². The maximum Gasteiger partial charge on any atom is 0.288 e. The van der Waals surface area contributed by atoms with Crippen LogP contribution in [0, 0.1) is 11.3 Å². The van der Waals surface area contributed by atoms with Crippen LogP contribution in [-0.4, -0.2) is 54.5 Å². The van der Waals surface area contributed by atoms with Gasteiger partial charge in [0.1, 0.15) is 17.4 Å². The molecule has 1 aromatic carbocycles. The highest BCUT2D eigenvalue weighted by molar-refractivity contribution is 8.14. The van der Waals surface area contributed by atoms with Crippen LogP contribution in [0.3, 0.4) is 0 Å². The molecule has 0 radical (unpaired) electrons. The molecular weight excluding hydrogens is 368 g/mol. The van der Waals surface area contributed by atoms with E-state index in [1.54, 1.807) is 7.11 Å². The molecule has 8 nitrogen and oxygen atoms in total. The van der Waals surface area contributed by atoms with Crippen molar-refractivity contribution < 1.29 is 19.1 Å². The number of carbonyl (C=O) groups is 3. The molecule has 3 amide bonds. The molecule has 142 valence electrons. The Morgan fingerprint density at radius 1 is 1.33 bits per heavy atom. The van der Waals surface area contributed by atoms with E-state index >= 15 is 0 Å². The van der Waals surface area contributed by atoms with Crippen LogP contribution < -0.4 is 15.4 Å². The molecule has 0 atom stereocenters. The van der Waals surface area contributed by atoms with Crippen molar-refractivity contribution in [1.82, 2.24) is 15.5 Å². The largest absolute Gasteiger partial charge is 0.497 e. The molecule has 1 aliphatic heterocycles. The second-order valence-electron chi connectivity index (χ2n) is 5.58. The summed E-state index contributed by atoms with van der Waals surface area (Å²) in [5.74, 6) is 0.212. The fourth-order valence-electron chi connectivity index (χ4n) is 2.30. The van der Waals surface area contributed by atoms with Gasteiger partial charge in [-0.3, -0.25) is 19.3 Å². The van der Waals surface area contributed by atoms with Crippen molar-refractivity contribution >= 4 is 28.8 Å². The van der Waals surface area contributed by atoms with E-state index in [4.69, 9.17) is 10.00 Å². The van der Waals surface area contributed by atoms with Gasteiger partial charge in [0.2, 0.25) is 5.91 Å². The van der Waals surface area contributed by atoms with E-state index in [9.17, 15) is 14.4 Å². The summed E-state index contributed by atoms with van der Waals surface area (Å²) in [7, 11) is 1.60. The van der Waals surface area contributed by atoms with Crippen LogP contribution in [0.25, 0.3) is 0 Å². The SMILES string of the molecule is COc1ccc(CCNC(=O)/C(C#N)=C\NCCN2C(=O)CSC2=O)cc1.